The topological polar surface area (TPSA) is 107 Å². The average Bonchev–Trinajstić information content (AvgIpc) is 3.12. The van der Waals surface area contributed by atoms with Crippen LogP contribution in [0.15, 0.2) is 34.9 Å². The molecule has 2 heterocycles. The van der Waals surface area contributed by atoms with Gasteiger partial charge in [-0.1, -0.05) is 0 Å². The van der Waals surface area contributed by atoms with Crippen molar-refractivity contribution in [1.29, 1.82) is 0 Å². The lowest BCUT2D eigenvalue weighted by atomic mass is 10.2. The van der Waals surface area contributed by atoms with Crippen LogP contribution >= 0.6 is 11.6 Å². The third-order valence-corrected chi connectivity index (χ3v) is 3.71. The van der Waals surface area contributed by atoms with Gasteiger partial charge in [0.25, 0.3) is 0 Å². The van der Waals surface area contributed by atoms with Gasteiger partial charge in [0.1, 0.15) is 11.6 Å². The molecule has 0 aliphatic carbocycles. The number of aromatic nitrogens is 2. The number of fused-ring (bicyclic) bond motifs is 1. The van der Waals surface area contributed by atoms with E-state index in [1.165, 1.54) is 7.11 Å². The number of anilines is 1. The lowest BCUT2D eigenvalue weighted by Gasteiger charge is -2.13. The molecular formula is C17H16ClN3O5. The summed E-state index contributed by atoms with van der Waals surface area (Å²) in [5.41, 5.74) is 0.564. The van der Waals surface area contributed by atoms with E-state index in [1.54, 1.807) is 24.5 Å². The van der Waals surface area contributed by atoms with Crippen LogP contribution in [0, 0.1) is 0 Å². The predicted molar refractivity (Wildman–Crippen MR) is 94.9 cm³/mol. The smallest absolute Gasteiger partial charge is 0.306 e. The van der Waals surface area contributed by atoms with Crippen molar-refractivity contribution in [1.82, 2.24) is 9.97 Å². The van der Waals surface area contributed by atoms with Crippen molar-refractivity contribution in [3.63, 3.8) is 0 Å². The maximum Gasteiger partial charge on any atom is 0.306 e. The number of nitrogens with zero attached hydrogens (tertiary/aromatic N) is 2. The highest BCUT2D eigenvalue weighted by atomic mass is 35.5. The zero-order valence-corrected chi connectivity index (χ0v) is 14.6. The molecule has 0 bridgehead atoms. The molecule has 0 aliphatic heterocycles. The Bertz CT molecular complexity index is 914. The van der Waals surface area contributed by atoms with Gasteiger partial charge in [-0.3, -0.25) is 4.79 Å². The lowest BCUT2D eigenvalue weighted by molar-refractivity contribution is -0.137. The number of methoxy groups -OCH3 is 1. The molecule has 0 amide bonds. The summed E-state index contributed by atoms with van der Waals surface area (Å²) in [4.78, 5) is 19.1. The molecule has 0 saturated carbocycles. The number of ether oxygens (including phenoxy) is 2. The van der Waals surface area contributed by atoms with Gasteiger partial charge in [0.15, 0.2) is 11.5 Å². The van der Waals surface area contributed by atoms with Crippen LogP contribution in [0.3, 0.4) is 0 Å². The Balaban J connectivity index is 1.93. The van der Waals surface area contributed by atoms with E-state index in [4.69, 9.17) is 30.6 Å². The van der Waals surface area contributed by atoms with E-state index in [1.807, 2.05) is 6.07 Å². The van der Waals surface area contributed by atoms with E-state index in [9.17, 15) is 4.79 Å². The summed E-state index contributed by atoms with van der Waals surface area (Å²) in [6.07, 6.45) is 1.46. The normalized spacial score (nSPS) is 10.7. The molecule has 26 heavy (non-hydrogen) atoms. The quantitative estimate of drug-likeness (QED) is 0.575. The summed E-state index contributed by atoms with van der Waals surface area (Å²) in [6.45, 7) is 0.428. The van der Waals surface area contributed by atoms with Crippen LogP contribution in [-0.4, -0.2) is 34.8 Å². The monoisotopic (exact) mass is 377 g/mol. The third-order valence-electron chi connectivity index (χ3n) is 3.54. The molecule has 3 aromatic rings. The van der Waals surface area contributed by atoms with Crippen LogP contribution in [0.4, 0.5) is 5.82 Å². The molecule has 2 N–H and O–H groups in total. The van der Waals surface area contributed by atoms with Crippen molar-refractivity contribution in [3.8, 4) is 11.5 Å². The minimum atomic E-state index is -0.944. The summed E-state index contributed by atoms with van der Waals surface area (Å²) in [7, 11) is 1.49. The predicted octanol–water partition coefficient (Wildman–Crippen LogP) is 3.35. The molecule has 3 rings (SSSR count). The number of hydrogen-bond acceptors (Lipinski definition) is 7. The first-order valence-electron chi connectivity index (χ1n) is 7.73. The van der Waals surface area contributed by atoms with Crippen molar-refractivity contribution >= 4 is 34.3 Å². The number of halogens is 1. The number of carbonyl (C=O) groups is 1. The fraction of sp³-hybridized carbons (Fsp3) is 0.235. The highest BCUT2D eigenvalue weighted by molar-refractivity contribution is 6.28. The summed E-state index contributed by atoms with van der Waals surface area (Å²) in [5, 5.41) is 12.7. The number of carboxylic acids is 1. The number of benzene rings is 1. The molecule has 0 radical (unpaired) electrons. The first kappa shape index (κ1) is 17.8. The maximum absolute atomic E-state index is 10.7. The zero-order valence-electron chi connectivity index (χ0n) is 13.9. The van der Waals surface area contributed by atoms with Crippen LogP contribution in [0.2, 0.25) is 5.28 Å². The van der Waals surface area contributed by atoms with Gasteiger partial charge in [0.05, 0.1) is 38.5 Å². The van der Waals surface area contributed by atoms with Gasteiger partial charge in [-0.15, -0.1) is 0 Å². The number of aliphatic carboxylic acids is 1. The molecule has 136 valence electrons. The van der Waals surface area contributed by atoms with Crippen LogP contribution in [0.1, 0.15) is 12.2 Å². The van der Waals surface area contributed by atoms with Gasteiger partial charge in [0.2, 0.25) is 5.28 Å². The summed E-state index contributed by atoms with van der Waals surface area (Å²) in [6, 6.07) is 6.98. The number of hydrogen-bond donors (Lipinski definition) is 2. The van der Waals surface area contributed by atoms with Gasteiger partial charge >= 0.3 is 5.97 Å². The molecule has 8 nitrogen and oxygen atoms in total. The summed E-state index contributed by atoms with van der Waals surface area (Å²) >= 11 is 6.02. The maximum atomic E-state index is 10.7. The second-order valence-electron chi connectivity index (χ2n) is 5.29. The van der Waals surface area contributed by atoms with E-state index in [2.05, 4.69) is 15.3 Å². The molecule has 1 aromatic carbocycles. The lowest BCUT2D eigenvalue weighted by Crippen LogP contribution is -2.06. The van der Waals surface area contributed by atoms with Gasteiger partial charge in [-0.2, -0.15) is 0 Å². The van der Waals surface area contributed by atoms with Crippen molar-refractivity contribution in [2.75, 3.05) is 19.0 Å². The van der Waals surface area contributed by atoms with Gasteiger partial charge < -0.3 is 24.3 Å². The minimum absolute atomic E-state index is 0.0147. The molecule has 0 spiro atoms. The summed E-state index contributed by atoms with van der Waals surface area (Å²) in [5.74, 6) is 1.12. The third kappa shape index (κ3) is 4.15. The average molecular weight is 378 g/mol. The van der Waals surface area contributed by atoms with Crippen molar-refractivity contribution in [2.45, 2.75) is 13.0 Å². The molecule has 0 fully saturated rings. The Morgan fingerprint density at radius 2 is 2.19 bits per heavy atom. The van der Waals surface area contributed by atoms with Crippen LogP contribution in [-0.2, 0) is 11.3 Å². The minimum Gasteiger partial charge on any atom is -0.493 e. The standard InChI is InChI=1S/C17H16ClN3O5/c1-24-13-8-12-11(7-14(13)26-6-4-15(22)23)16(21-17(18)20-12)19-9-10-3-2-5-25-10/h2-3,5,7-8H,4,6,9H2,1H3,(H,22,23)(H,19,20,21). The number of furan rings is 1. The fourth-order valence-electron chi connectivity index (χ4n) is 2.35. The SMILES string of the molecule is COc1cc2nc(Cl)nc(NCc3ccco3)c2cc1OCCC(=O)O. The Morgan fingerprint density at radius 1 is 1.35 bits per heavy atom. The van der Waals surface area contributed by atoms with Gasteiger partial charge in [-0.25, -0.2) is 9.97 Å². The molecular weight excluding hydrogens is 362 g/mol. The van der Waals surface area contributed by atoms with Crippen LogP contribution in [0.25, 0.3) is 10.9 Å². The highest BCUT2D eigenvalue weighted by Gasteiger charge is 2.14. The highest BCUT2D eigenvalue weighted by Crippen LogP contribution is 2.35. The van der Waals surface area contributed by atoms with Crippen LogP contribution in [0.5, 0.6) is 11.5 Å². The molecule has 9 heteroatoms. The Hall–Kier alpha value is -3.00. The molecule has 2 aromatic heterocycles. The van der Waals surface area contributed by atoms with Gasteiger partial charge in [0, 0.05) is 11.5 Å². The molecule has 0 atom stereocenters. The Morgan fingerprint density at radius 3 is 2.88 bits per heavy atom. The molecule has 0 aliphatic rings. The second-order valence-corrected chi connectivity index (χ2v) is 5.62. The van der Waals surface area contributed by atoms with Gasteiger partial charge in [-0.05, 0) is 29.8 Å². The second kappa shape index (κ2) is 7.92. The summed E-state index contributed by atoms with van der Waals surface area (Å²) < 4.78 is 16.1. The van der Waals surface area contributed by atoms with E-state index >= 15 is 0 Å². The van der Waals surface area contributed by atoms with E-state index < -0.39 is 5.97 Å². The zero-order chi connectivity index (χ0) is 18.5. The Kier molecular flexibility index (Phi) is 5.43. The number of carboxylic acid groups (broad SMARTS) is 1. The van der Waals surface area contributed by atoms with Crippen LogP contribution < -0.4 is 14.8 Å². The number of rotatable bonds is 8. The largest absolute Gasteiger partial charge is 0.493 e. The fourth-order valence-corrected chi connectivity index (χ4v) is 2.52. The first-order chi connectivity index (χ1) is 12.6. The van der Waals surface area contributed by atoms with Crippen molar-refractivity contribution < 1.29 is 23.8 Å². The number of nitrogens with one attached hydrogen (secondary N) is 1. The molecule has 0 saturated heterocycles. The first-order valence-corrected chi connectivity index (χ1v) is 8.10. The van der Waals surface area contributed by atoms with Crippen molar-refractivity contribution in [3.05, 3.63) is 41.6 Å². The van der Waals surface area contributed by atoms with E-state index in [0.717, 1.165) is 5.76 Å². The van der Waals surface area contributed by atoms with Crippen molar-refractivity contribution in [2.24, 2.45) is 0 Å². The Labute approximate surface area is 153 Å². The molecule has 0 unspecified atom stereocenters. The van der Waals surface area contributed by atoms with E-state index in [-0.39, 0.29) is 18.3 Å². The van der Waals surface area contributed by atoms with E-state index in [0.29, 0.717) is 34.8 Å².